The molecule has 0 radical (unpaired) electrons. The Morgan fingerprint density at radius 3 is 2.42 bits per heavy atom. The van der Waals surface area contributed by atoms with Crippen molar-refractivity contribution < 1.29 is 23.0 Å². The summed E-state index contributed by atoms with van der Waals surface area (Å²) in [5, 5.41) is 4.68. The van der Waals surface area contributed by atoms with Crippen LogP contribution >= 0.6 is 0 Å². The van der Waals surface area contributed by atoms with E-state index in [0.29, 0.717) is 5.75 Å². The molecule has 0 aliphatic rings. The molecular formula is C17H18F2N2O3. The van der Waals surface area contributed by atoms with Gasteiger partial charge in [0.15, 0.2) is 0 Å². The number of amides is 2. The maximum atomic E-state index is 13.5. The molecule has 0 aromatic heterocycles. The van der Waals surface area contributed by atoms with E-state index in [1.807, 2.05) is 6.07 Å². The summed E-state index contributed by atoms with van der Waals surface area (Å²) in [6, 6.07) is 9.81. The Bertz CT molecular complexity index is 690. The zero-order valence-corrected chi connectivity index (χ0v) is 13.3. The van der Waals surface area contributed by atoms with E-state index in [0.717, 1.165) is 17.7 Å². The minimum Gasteiger partial charge on any atom is -0.497 e. The molecule has 2 rings (SSSR count). The second-order valence-corrected chi connectivity index (χ2v) is 4.93. The van der Waals surface area contributed by atoms with E-state index in [-0.39, 0.29) is 6.54 Å². The van der Waals surface area contributed by atoms with Gasteiger partial charge in [-0.2, -0.15) is 0 Å². The van der Waals surface area contributed by atoms with Gasteiger partial charge in [0.25, 0.3) is 0 Å². The summed E-state index contributed by atoms with van der Waals surface area (Å²) in [4.78, 5) is 11.9. The lowest BCUT2D eigenvalue weighted by Crippen LogP contribution is -2.33. The van der Waals surface area contributed by atoms with Crippen LogP contribution in [0.5, 0.6) is 5.75 Å². The van der Waals surface area contributed by atoms with Crippen LogP contribution in [0.3, 0.4) is 0 Å². The topological polar surface area (TPSA) is 59.6 Å². The molecule has 2 aromatic carbocycles. The van der Waals surface area contributed by atoms with Gasteiger partial charge >= 0.3 is 6.03 Å². The maximum Gasteiger partial charge on any atom is 0.319 e. The van der Waals surface area contributed by atoms with Crippen molar-refractivity contribution in [3.05, 3.63) is 59.7 Å². The number of carbonyl (C=O) groups excluding carboxylic acids is 1. The van der Waals surface area contributed by atoms with Gasteiger partial charge in [-0.05, 0) is 29.8 Å². The summed E-state index contributed by atoms with van der Waals surface area (Å²) in [7, 11) is 3.05. The molecule has 0 saturated heterocycles. The summed E-state index contributed by atoms with van der Waals surface area (Å²) in [5.74, 6) is -1.03. The van der Waals surface area contributed by atoms with Gasteiger partial charge in [-0.3, -0.25) is 0 Å². The van der Waals surface area contributed by atoms with Gasteiger partial charge in [-0.1, -0.05) is 18.2 Å². The van der Waals surface area contributed by atoms with E-state index in [2.05, 4.69) is 10.6 Å². The van der Waals surface area contributed by atoms with Crippen LogP contribution in [0.15, 0.2) is 42.5 Å². The number of hydrogen-bond donors (Lipinski definition) is 2. The van der Waals surface area contributed by atoms with Crippen molar-refractivity contribution in [2.24, 2.45) is 0 Å². The van der Waals surface area contributed by atoms with Gasteiger partial charge in [0, 0.05) is 13.7 Å². The van der Waals surface area contributed by atoms with Gasteiger partial charge in [-0.15, -0.1) is 0 Å². The third kappa shape index (κ3) is 4.42. The Labute approximate surface area is 138 Å². The lowest BCUT2D eigenvalue weighted by molar-refractivity contribution is 0.104. The molecule has 1 atom stereocenters. The Kier molecular flexibility index (Phi) is 6.08. The fraction of sp³-hybridized carbons (Fsp3) is 0.235. The van der Waals surface area contributed by atoms with Gasteiger partial charge in [0.2, 0.25) is 0 Å². The van der Waals surface area contributed by atoms with Gasteiger partial charge in [0.05, 0.1) is 13.2 Å². The average Bonchev–Trinajstić information content (AvgIpc) is 2.59. The third-order valence-electron chi connectivity index (χ3n) is 3.40. The molecular weight excluding hydrogens is 318 g/mol. The predicted molar refractivity (Wildman–Crippen MR) is 86.1 cm³/mol. The predicted octanol–water partition coefficient (Wildman–Crippen LogP) is 3.48. The summed E-state index contributed by atoms with van der Waals surface area (Å²) in [6.07, 6.45) is -0.434. The molecule has 0 spiro atoms. The number of hydrogen-bond acceptors (Lipinski definition) is 3. The van der Waals surface area contributed by atoms with E-state index in [1.54, 1.807) is 25.3 Å². The monoisotopic (exact) mass is 336 g/mol. The molecule has 0 fully saturated rings. The fourth-order valence-corrected chi connectivity index (χ4v) is 2.14. The lowest BCUT2D eigenvalue weighted by Gasteiger charge is -2.17. The van der Waals surface area contributed by atoms with Crippen LogP contribution < -0.4 is 15.4 Å². The summed E-state index contributed by atoms with van der Waals surface area (Å²) < 4.78 is 37.5. The molecule has 2 aromatic rings. The molecule has 24 heavy (non-hydrogen) atoms. The normalized spacial score (nSPS) is 11.7. The maximum absolute atomic E-state index is 13.5. The Hall–Kier alpha value is -2.67. The Morgan fingerprint density at radius 1 is 1.12 bits per heavy atom. The molecule has 0 unspecified atom stereocenters. The molecule has 0 saturated carbocycles. The van der Waals surface area contributed by atoms with Crippen molar-refractivity contribution in [2.75, 3.05) is 26.1 Å². The van der Waals surface area contributed by atoms with Crippen LogP contribution in [0.4, 0.5) is 19.3 Å². The number of benzene rings is 2. The smallest absolute Gasteiger partial charge is 0.319 e. The first kappa shape index (κ1) is 17.7. The summed E-state index contributed by atoms with van der Waals surface area (Å²) in [5.41, 5.74) is 0.305. The number of rotatable bonds is 6. The van der Waals surface area contributed by atoms with Crippen molar-refractivity contribution in [1.29, 1.82) is 0 Å². The zero-order chi connectivity index (χ0) is 17.5. The number of anilines is 1. The second-order valence-electron chi connectivity index (χ2n) is 4.93. The van der Waals surface area contributed by atoms with E-state index >= 15 is 0 Å². The Balaban J connectivity index is 1.98. The molecule has 5 nitrogen and oxygen atoms in total. The molecule has 2 N–H and O–H groups in total. The van der Waals surface area contributed by atoms with Crippen molar-refractivity contribution >= 4 is 11.7 Å². The van der Waals surface area contributed by atoms with E-state index in [4.69, 9.17) is 9.47 Å². The van der Waals surface area contributed by atoms with Crippen LogP contribution in [-0.2, 0) is 4.74 Å². The van der Waals surface area contributed by atoms with E-state index < -0.39 is 29.5 Å². The number of methoxy groups -OCH3 is 2. The summed E-state index contributed by atoms with van der Waals surface area (Å²) >= 11 is 0. The molecule has 7 heteroatoms. The zero-order valence-electron chi connectivity index (χ0n) is 13.3. The molecule has 128 valence electrons. The van der Waals surface area contributed by atoms with E-state index in [9.17, 15) is 13.6 Å². The average molecular weight is 336 g/mol. The molecule has 2 amide bonds. The Morgan fingerprint density at radius 2 is 1.79 bits per heavy atom. The van der Waals surface area contributed by atoms with Crippen LogP contribution in [0.1, 0.15) is 11.7 Å². The highest BCUT2D eigenvalue weighted by Crippen LogP contribution is 2.21. The first-order valence-electron chi connectivity index (χ1n) is 7.20. The lowest BCUT2D eigenvalue weighted by atomic mass is 10.1. The van der Waals surface area contributed by atoms with Crippen LogP contribution in [0, 0.1) is 11.6 Å². The molecule has 0 aliphatic carbocycles. The van der Waals surface area contributed by atoms with Crippen molar-refractivity contribution in [3.63, 3.8) is 0 Å². The van der Waals surface area contributed by atoms with Crippen LogP contribution in [-0.4, -0.2) is 26.8 Å². The number of nitrogens with one attached hydrogen (secondary N) is 2. The first-order valence-corrected chi connectivity index (χ1v) is 7.20. The van der Waals surface area contributed by atoms with Crippen LogP contribution in [0.2, 0.25) is 0 Å². The van der Waals surface area contributed by atoms with Crippen molar-refractivity contribution in [2.45, 2.75) is 6.10 Å². The fourth-order valence-electron chi connectivity index (χ4n) is 2.14. The summed E-state index contributed by atoms with van der Waals surface area (Å²) in [6.45, 7) is 0.117. The quantitative estimate of drug-likeness (QED) is 0.849. The van der Waals surface area contributed by atoms with Crippen molar-refractivity contribution in [3.8, 4) is 5.75 Å². The highest BCUT2D eigenvalue weighted by molar-refractivity contribution is 5.89. The van der Waals surface area contributed by atoms with E-state index in [1.165, 1.54) is 13.2 Å². The molecule has 0 aliphatic heterocycles. The van der Waals surface area contributed by atoms with Crippen LogP contribution in [0.25, 0.3) is 0 Å². The first-order chi connectivity index (χ1) is 11.5. The number of ether oxygens (including phenoxy) is 2. The number of carbonyl (C=O) groups is 1. The number of para-hydroxylation sites is 1. The largest absolute Gasteiger partial charge is 0.497 e. The minimum absolute atomic E-state index is 0.117. The highest BCUT2D eigenvalue weighted by atomic mass is 19.1. The number of urea groups is 1. The highest BCUT2D eigenvalue weighted by Gasteiger charge is 2.15. The number of halogens is 2. The second kappa shape index (κ2) is 8.26. The molecule has 0 bridgehead atoms. The SMILES string of the molecule is COc1cccc([C@@H](CNC(=O)Nc2c(F)cccc2F)OC)c1. The standard InChI is InChI=1S/C17H18F2N2O3/c1-23-12-6-3-5-11(9-12)15(24-2)10-20-17(22)21-16-13(18)7-4-8-14(16)19/h3-9,15H,10H2,1-2H3,(H2,20,21,22)/t15-/m1/s1. The molecule has 0 heterocycles. The minimum atomic E-state index is -0.846. The van der Waals surface area contributed by atoms with Gasteiger partial charge in [0.1, 0.15) is 23.1 Å². The van der Waals surface area contributed by atoms with Gasteiger partial charge < -0.3 is 20.1 Å². The van der Waals surface area contributed by atoms with Gasteiger partial charge in [-0.25, -0.2) is 13.6 Å². The van der Waals surface area contributed by atoms with Crippen molar-refractivity contribution in [1.82, 2.24) is 5.32 Å². The third-order valence-corrected chi connectivity index (χ3v) is 3.40.